The van der Waals surface area contributed by atoms with Crippen LogP contribution < -0.4 is 14.8 Å². The number of carbonyl (C=O) groups is 1. The first-order valence-corrected chi connectivity index (χ1v) is 10.5. The fraction of sp³-hybridized carbons (Fsp3) is 0.400. The zero-order valence-electron chi connectivity index (χ0n) is 18.5. The van der Waals surface area contributed by atoms with Crippen molar-refractivity contribution in [3.8, 4) is 11.5 Å². The first-order valence-electron chi connectivity index (χ1n) is 10.5. The molecule has 5 heteroatoms. The van der Waals surface area contributed by atoms with Crippen molar-refractivity contribution in [2.24, 2.45) is 0 Å². The average molecular weight is 410 g/mol. The Bertz CT molecular complexity index is 977. The lowest BCUT2D eigenvalue weighted by Gasteiger charge is -2.30. The third-order valence-electron chi connectivity index (χ3n) is 5.54. The van der Waals surface area contributed by atoms with Crippen LogP contribution in [0.3, 0.4) is 0 Å². The minimum absolute atomic E-state index is 0.00368. The Morgan fingerprint density at radius 1 is 1.13 bits per heavy atom. The maximum Gasteiger partial charge on any atom is 0.303 e. The van der Waals surface area contributed by atoms with E-state index in [4.69, 9.17) is 14.6 Å². The van der Waals surface area contributed by atoms with E-state index in [1.54, 1.807) is 0 Å². The van der Waals surface area contributed by atoms with Gasteiger partial charge in [0, 0.05) is 30.3 Å². The first-order chi connectivity index (χ1) is 14.3. The van der Waals surface area contributed by atoms with Crippen LogP contribution in [0, 0.1) is 13.8 Å². The predicted molar refractivity (Wildman–Crippen MR) is 121 cm³/mol. The molecule has 5 nitrogen and oxygen atoms in total. The number of carboxylic acids is 1. The van der Waals surface area contributed by atoms with Crippen LogP contribution in [0.4, 0.5) is 5.69 Å². The fourth-order valence-electron chi connectivity index (χ4n) is 3.83. The summed E-state index contributed by atoms with van der Waals surface area (Å²) in [6.45, 7) is 11.8. The molecule has 0 bridgehead atoms. The number of carboxylic acid groups (broad SMARTS) is 1. The molecule has 0 aromatic heterocycles. The molecule has 0 saturated carbocycles. The molecule has 1 aliphatic rings. The Kier molecular flexibility index (Phi) is 6.70. The summed E-state index contributed by atoms with van der Waals surface area (Å²) in [6.07, 6.45) is 0.609. The van der Waals surface area contributed by atoms with Gasteiger partial charge in [0.2, 0.25) is 0 Å². The molecule has 0 saturated heterocycles. The highest BCUT2D eigenvalue weighted by molar-refractivity contribution is 5.89. The van der Waals surface area contributed by atoms with Gasteiger partial charge in [-0.15, -0.1) is 0 Å². The standard InChI is InChI=1S/C25H31NO4/c1-6-26-22-14-23-21(13-16(22)3)25(17(4)18(5)30-23)20-10-9-19(12-15(20)2)29-11-7-8-24(27)28/h9-10,12-14,18,26H,6-8,11H2,1-5H3,(H,27,28). The van der Waals surface area contributed by atoms with Gasteiger partial charge in [0.1, 0.15) is 17.6 Å². The second-order valence-corrected chi connectivity index (χ2v) is 7.83. The highest BCUT2D eigenvalue weighted by Crippen LogP contribution is 2.43. The van der Waals surface area contributed by atoms with Crippen LogP contribution in [0.5, 0.6) is 11.5 Å². The molecule has 2 aromatic rings. The van der Waals surface area contributed by atoms with Crippen LogP contribution in [0.15, 0.2) is 35.9 Å². The molecule has 0 aliphatic carbocycles. The van der Waals surface area contributed by atoms with E-state index >= 15 is 0 Å². The zero-order valence-corrected chi connectivity index (χ0v) is 18.5. The number of fused-ring (bicyclic) bond motifs is 1. The molecule has 1 heterocycles. The molecular weight excluding hydrogens is 378 g/mol. The SMILES string of the molecule is CCNc1cc2c(cc1C)C(c1ccc(OCCCC(=O)O)cc1C)=C(C)C(C)O2. The normalized spacial score (nSPS) is 15.4. The van der Waals surface area contributed by atoms with Crippen LogP contribution in [-0.2, 0) is 4.79 Å². The smallest absolute Gasteiger partial charge is 0.303 e. The van der Waals surface area contributed by atoms with Crippen molar-refractivity contribution in [1.29, 1.82) is 0 Å². The van der Waals surface area contributed by atoms with Crippen LogP contribution in [-0.4, -0.2) is 30.3 Å². The van der Waals surface area contributed by atoms with Gasteiger partial charge >= 0.3 is 5.97 Å². The first kappa shape index (κ1) is 21.8. The molecule has 160 valence electrons. The van der Waals surface area contributed by atoms with Crippen molar-refractivity contribution >= 4 is 17.2 Å². The van der Waals surface area contributed by atoms with E-state index in [2.05, 4.69) is 58.1 Å². The minimum Gasteiger partial charge on any atom is -0.494 e. The van der Waals surface area contributed by atoms with Crippen molar-refractivity contribution in [1.82, 2.24) is 0 Å². The van der Waals surface area contributed by atoms with Gasteiger partial charge < -0.3 is 19.9 Å². The van der Waals surface area contributed by atoms with Crippen LogP contribution in [0.1, 0.15) is 55.9 Å². The highest BCUT2D eigenvalue weighted by Gasteiger charge is 2.26. The maximum absolute atomic E-state index is 10.6. The number of aryl methyl sites for hydroxylation is 2. The van der Waals surface area contributed by atoms with E-state index in [1.807, 2.05) is 12.1 Å². The second kappa shape index (κ2) is 9.24. The Labute approximate surface area is 178 Å². The van der Waals surface area contributed by atoms with E-state index < -0.39 is 5.97 Å². The van der Waals surface area contributed by atoms with Crippen molar-refractivity contribution in [2.75, 3.05) is 18.5 Å². The quantitative estimate of drug-likeness (QED) is 0.557. The third kappa shape index (κ3) is 4.61. The van der Waals surface area contributed by atoms with Gasteiger partial charge in [0.05, 0.1) is 6.61 Å². The van der Waals surface area contributed by atoms with Crippen molar-refractivity contribution in [3.63, 3.8) is 0 Å². The number of anilines is 1. The van der Waals surface area contributed by atoms with Gasteiger partial charge in [-0.1, -0.05) is 6.07 Å². The van der Waals surface area contributed by atoms with E-state index in [9.17, 15) is 4.79 Å². The molecular formula is C25H31NO4. The number of hydrogen-bond acceptors (Lipinski definition) is 4. The summed E-state index contributed by atoms with van der Waals surface area (Å²) in [5.74, 6) is 0.865. The Balaban J connectivity index is 1.93. The lowest BCUT2D eigenvalue weighted by atomic mass is 9.86. The number of nitrogens with one attached hydrogen (secondary N) is 1. The molecule has 0 spiro atoms. The molecule has 3 rings (SSSR count). The van der Waals surface area contributed by atoms with Gasteiger partial charge in [-0.25, -0.2) is 0 Å². The maximum atomic E-state index is 10.6. The van der Waals surface area contributed by atoms with Gasteiger partial charge in [-0.3, -0.25) is 4.79 Å². The molecule has 0 fully saturated rings. The van der Waals surface area contributed by atoms with E-state index in [0.29, 0.717) is 13.0 Å². The minimum atomic E-state index is -0.799. The lowest BCUT2D eigenvalue weighted by Crippen LogP contribution is -2.21. The third-order valence-corrected chi connectivity index (χ3v) is 5.54. The van der Waals surface area contributed by atoms with Crippen molar-refractivity contribution in [2.45, 2.75) is 53.6 Å². The monoisotopic (exact) mass is 409 g/mol. The summed E-state index contributed by atoms with van der Waals surface area (Å²) >= 11 is 0. The summed E-state index contributed by atoms with van der Waals surface area (Å²) in [4.78, 5) is 10.6. The summed E-state index contributed by atoms with van der Waals surface area (Å²) in [6, 6.07) is 10.4. The van der Waals surface area contributed by atoms with Crippen molar-refractivity contribution < 1.29 is 19.4 Å². The summed E-state index contributed by atoms with van der Waals surface area (Å²) in [5, 5.41) is 12.2. The second-order valence-electron chi connectivity index (χ2n) is 7.83. The molecule has 0 radical (unpaired) electrons. The van der Waals surface area contributed by atoms with E-state index in [0.717, 1.165) is 40.4 Å². The molecule has 2 N–H and O–H groups in total. The van der Waals surface area contributed by atoms with Crippen molar-refractivity contribution in [3.05, 3.63) is 58.2 Å². The topological polar surface area (TPSA) is 67.8 Å². The molecule has 1 unspecified atom stereocenters. The predicted octanol–water partition coefficient (Wildman–Crippen LogP) is 5.58. The summed E-state index contributed by atoms with van der Waals surface area (Å²) in [7, 11) is 0. The van der Waals surface area contributed by atoms with Crippen LogP contribution in [0.25, 0.3) is 5.57 Å². The fourth-order valence-corrected chi connectivity index (χ4v) is 3.83. The average Bonchev–Trinajstić information content (AvgIpc) is 2.69. The molecule has 1 atom stereocenters. The Hall–Kier alpha value is -2.95. The van der Waals surface area contributed by atoms with E-state index in [1.165, 1.54) is 16.7 Å². The van der Waals surface area contributed by atoms with Gasteiger partial charge in [-0.2, -0.15) is 0 Å². The number of rotatable bonds is 8. The number of benzene rings is 2. The van der Waals surface area contributed by atoms with Gasteiger partial charge in [0.15, 0.2) is 0 Å². The highest BCUT2D eigenvalue weighted by atomic mass is 16.5. The molecule has 2 aromatic carbocycles. The van der Waals surface area contributed by atoms with Crippen LogP contribution >= 0.6 is 0 Å². The number of hydrogen-bond donors (Lipinski definition) is 2. The summed E-state index contributed by atoms with van der Waals surface area (Å²) in [5.41, 5.74) is 8.11. The molecule has 30 heavy (non-hydrogen) atoms. The summed E-state index contributed by atoms with van der Waals surface area (Å²) < 4.78 is 12.0. The Morgan fingerprint density at radius 2 is 1.90 bits per heavy atom. The van der Waals surface area contributed by atoms with E-state index in [-0.39, 0.29) is 12.5 Å². The Morgan fingerprint density at radius 3 is 2.57 bits per heavy atom. The van der Waals surface area contributed by atoms with Gasteiger partial charge in [-0.05, 0) is 87.1 Å². The molecule has 1 aliphatic heterocycles. The lowest BCUT2D eigenvalue weighted by molar-refractivity contribution is -0.137. The number of ether oxygens (including phenoxy) is 2. The van der Waals surface area contributed by atoms with Crippen LogP contribution in [0.2, 0.25) is 0 Å². The largest absolute Gasteiger partial charge is 0.494 e. The molecule has 0 amide bonds. The van der Waals surface area contributed by atoms with Gasteiger partial charge in [0.25, 0.3) is 0 Å². The number of aliphatic carboxylic acids is 1. The zero-order chi connectivity index (χ0) is 21.8.